The lowest BCUT2D eigenvalue weighted by Crippen LogP contribution is -2.64. The summed E-state index contributed by atoms with van der Waals surface area (Å²) in [6, 6.07) is 7.26. The zero-order chi connectivity index (χ0) is 26.8. The number of nitrogens with one attached hydrogen (secondary N) is 1. The molecule has 206 valence electrons. The number of carbonyl (C=O) groups excluding carboxylic acids is 2. The van der Waals surface area contributed by atoms with Crippen LogP contribution < -0.4 is 11.1 Å². The van der Waals surface area contributed by atoms with Crippen LogP contribution in [0, 0.1) is 11.8 Å². The lowest BCUT2D eigenvalue weighted by Gasteiger charge is -2.43. The number of fused-ring (bicyclic) bond motifs is 1. The van der Waals surface area contributed by atoms with Crippen molar-refractivity contribution >= 4 is 11.8 Å². The third-order valence-corrected chi connectivity index (χ3v) is 9.07. The largest absolute Gasteiger partial charge is 0.401 e. The first-order chi connectivity index (χ1) is 17.5. The molecule has 0 aromatic heterocycles. The Bertz CT molecular complexity index is 940. The summed E-state index contributed by atoms with van der Waals surface area (Å²) in [4.78, 5) is 30.1. The van der Waals surface area contributed by atoms with E-state index in [9.17, 15) is 22.8 Å². The van der Waals surface area contributed by atoms with Crippen molar-refractivity contribution in [1.29, 1.82) is 0 Å². The Morgan fingerprint density at radius 2 is 1.70 bits per heavy atom. The molecule has 0 bridgehead atoms. The predicted octanol–water partition coefficient (Wildman–Crippen LogP) is 3.67. The van der Waals surface area contributed by atoms with E-state index in [0.29, 0.717) is 25.8 Å². The van der Waals surface area contributed by atoms with Gasteiger partial charge in [0.25, 0.3) is 0 Å². The maximum Gasteiger partial charge on any atom is 0.401 e. The minimum Gasteiger partial charge on any atom is -0.368 e. The monoisotopic (exact) mass is 522 g/mol. The predicted molar refractivity (Wildman–Crippen MR) is 137 cm³/mol. The zero-order valence-corrected chi connectivity index (χ0v) is 22.0. The number of likely N-dealkylation sites (tertiary alicyclic amines) is 1. The van der Waals surface area contributed by atoms with Crippen LogP contribution in [0.4, 0.5) is 13.2 Å². The highest BCUT2D eigenvalue weighted by atomic mass is 19.4. The van der Waals surface area contributed by atoms with E-state index < -0.39 is 30.1 Å². The van der Waals surface area contributed by atoms with Crippen LogP contribution in [0.3, 0.4) is 0 Å². The van der Waals surface area contributed by atoms with Crippen molar-refractivity contribution in [3.8, 4) is 0 Å². The summed E-state index contributed by atoms with van der Waals surface area (Å²) in [5.74, 6) is -1.34. The molecule has 2 fully saturated rings. The van der Waals surface area contributed by atoms with Gasteiger partial charge in [0.1, 0.15) is 5.54 Å². The van der Waals surface area contributed by atoms with Gasteiger partial charge < -0.3 is 16.0 Å². The van der Waals surface area contributed by atoms with Crippen LogP contribution >= 0.6 is 0 Å². The van der Waals surface area contributed by atoms with Crippen LogP contribution in [0.2, 0.25) is 0 Å². The van der Waals surface area contributed by atoms with Gasteiger partial charge in [0.2, 0.25) is 11.8 Å². The summed E-state index contributed by atoms with van der Waals surface area (Å²) in [6.07, 6.45) is 3.02. The van der Waals surface area contributed by atoms with E-state index in [1.807, 2.05) is 24.3 Å². The maximum absolute atomic E-state index is 14.2. The van der Waals surface area contributed by atoms with E-state index >= 15 is 0 Å². The van der Waals surface area contributed by atoms with Crippen molar-refractivity contribution in [3.63, 3.8) is 0 Å². The summed E-state index contributed by atoms with van der Waals surface area (Å²) in [5.41, 5.74) is 6.81. The third-order valence-electron chi connectivity index (χ3n) is 9.07. The van der Waals surface area contributed by atoms with Gasteiger partial charge in [-0.2, -0.15) is 13.2 Å². The molecule has 0 spiro atoms. The average molecular weight is 523 g/mol. The van der Waals surface area contributed by atoms with E-state index in [-0.39, 0.29) is 30.5 Å². The van der Waals surface area contributed by atoms with Crippen molar-refractivity contribution in [2.24, 2.45) is 17.6 Å². The van der Waals surface area contributed by atoms with Crippen molar-refractivity contribution in [1.82, 2.24) is 15.1 Å². The highest BCUT2D eigenvalue weighted by molar-refractivity contribution is 5.93. The number of halogens is 3. The molecule has 2 amide bonds. The topological polar surface area (TPSA) is 78.7 Å². The minimum absolute atomic E-state index is 0.0167. The van der Waals surface area contributed by atoms with Gasteiger partial charge in [-0.1, -0.05) is 43.5 Å². The van der Waals surface area contributed by atoms with Gasteiger partial charge in [-0.05, 0) is 69.5 Å². The molecule has 2 aliphatic carbocycles. The maximum atomic E-state index is 14.2. The van der Waals surface area contributed by atoms with Crippen molar-refractivity contribution in [2.45, 2.75) is 88.5 Å². The van der Waals surface area contributed by atoms with Crippen LogP contribution in [-0.4, -0.2) is 72.1 Å². The van der Waals surface area contributed by atoms with E-state index in [4.69, 9.17) is 5.73 Å². The number of hydrogen-bond donors (Lipinski definition) is 2. The highest BCUT2D eigenvalue weighted by Crippen LogP contribution is 2.39. The number of amides is 2. The molecule has 0 radical (unpaired) electrons. The summed E-state index contributed by atoms with van der Waals surface area (Å²) in [6.45, 7) is 1.37. The first-order valence-corrected chi connectivity index (χ1v) is 13.7. The summed E-state index contributed by atoms with van der Waals surface area (Å²) < 4.78 is 41.1. The Morgan fingerprint density at radius 3 is 2.24 bits per heavy atom. The molecular formula is C28H41F3N4O2. The molecule has 1 unspecified atom stereocenters. The number of carbonyl (C=O) groups is 2. The molecule has 1 heterocycles. The lowest BCUT2D eigenvalue weighted by atomic mass is 9.69. The van der Waals surface area contributed by atoms with Crippen molar-refractivity contribution < 1.29 is 22.8 Å². The minimum atomic E-state index is -4.33. The van der Waals surface area contributed by atoms with Gasteiger partial charge in [-0.3, -0.25) is 14.5 Å². The van der Waals surface area contributed by atoms with Gasteiger partial charge in [0.05, 0.1) is 12.5 Å². The molecule has 6 nitrogen and oxygen atoms in total. The molecule has 1 aliphatic heterocycles. The Balaban J connectivity index is 1.57. The molecule has 3 atom stereocenters. The van der Waals surface area contributed by atoms with Gasteiger partial charge >= 0.3 is 6.18 Å². The second kappa shape index (κ2) is 11.3. The second-order valence-electron chi connectivity index (χ2n) is 11.4. The number of alkyl halides is 3. The summed E-state index contributed by atoms with van der Waals surface area (Å²) >= 11 is 0. The SMILES string of the molecule is CNC(C)(C(N)=O)[C@@H](C(=O)N1CCC[C@H]1CN(CC(F)(F)F)C1Cc2ccccc2C1)C1CCCCC1. The molecule has 9 heteroatoms. The molecule has 3 aliphatic rings. The zero-order valence-electron chi connectivity index (χ0n) is 22.0. The Labute approximate surface area is 218 Å². The van der Waals surface area contributed by atoms with Crippen LogP contribution in [0.5, 0.6) is 0 Å². The molecule has 1 saturated heterocycles. The Kier molecular flexibility index (Phi) is 8.53. The Morgan fingerprint density at radius 1 is 1.08 bits per heavy atom. The van der Waals surface area contributed by atoms with E-state index in [1.165, 1.54) is 4.90 Å². The van der Waals surface area contributed by atoms with Crippen LogP contribution in [0.1, 0.15) is 63.0 Å². The van der Waals surface area contributed by atoms with Crippen LogP contribution in [0.25, 0.3) is 0 Å². The molecule has 1 aromatic carbocycles. The molecule has 1 saturated carbocycles. The summed E-state index contributed by atoms with van der Waals surface area (Å²) in [7, 11) is 1.65. The number of hydrogen-bond acceptors (Lipinski definition) is 4. The second-order valence-corrected chi connectivity index (χ2v) is 11.4. The summed E-state index contributed by atoms with van der Waals surface area (Å²) in [5, 5.41) is 3.04. The van der Waals surface area contributed by atoms with E-state index in [2.05, 4.69) is 5.32 Å². The third kappa shape index (κ3) is 6.14. The number of likely N-dealkylation sites (N-methyl/N-ethyl adjacent to an activating group) is 1. The fraction of sp³-hybridized carbons (Fsp3) is 0.714. The molecular weight excluding hydrogens is 481 g/mol. The normalized spacial score (nSPS) is 23.7. The highest BCUT2D eigenvalue weighted by Gasteiger charge is 2.50. The van der Waals surface area contributed by atoms with E-state index in [1.54, 1.807) is 18.9 Å². The smallest absolute Gasteiger partial charge is 0.368 e. The first-order valence-electron chi connectivity index (χ1n) is 13.7. The van der Waals surface area contributed by atoms with Gasteiger partial charge in [-0.15, -0.1) is 0 Å². The van der Waals surface area contributed by atoms with E-state index in [0.717, 1.165) is 49.7 Å². The fourth-order valence-electron chi connectivity index (χ4n) is 6.95. The number of rotatable bonds is 9. The number of benzene rings is 1. The molecule has 37 heavy (non-hydrogen) atoms. The van der Waals surface area contributed by atoms with Crippen molar-refractivity contribution in [3.05, 3.63) is 35.4 Å². The fourth-order valence-corrected chi connectivity index (χ4v) is 6.95. The van der Waals surface area contributed by atoms with Gasteiger partial charge in [-0.25, -0.2) is 0 Å². The average Bonchev–Trinajstić information content (AvgIpc) is 3.50. The van der Waals surface area contributed by atoms with Crippen LogP contribution in [0.15, 0.2) is 24.3 Å². The first kappa shape index (κ1) is 27.9. The number of nitrogens with zero attached hydrogens (tertiary/aromatic N) is 2. The lowest BCUT2D eigenvalue weighted by molar-refractivity contribution is -0.155. The van der Waals surface area contributed by atoms with Crippen LogP contribution in [-0.2, 0) is 22.4 Å². The standard InChI is InChI=1S/C28H41F3N4O2/c1-27(33-2,26(32)37)24(19-9-4-3-5-10-19)25(36)35-14-8-13-22(35)17-34(18-28(29,30)31)23-15-20-11-6-7-12-21(20)16-23/h6-7,11-12,19,22-24,33H,3-5,8-10,13-18H2,1-2H3,(H2,32,37)/t22-,24+,27?/m0/s1. The van der Waals surface area contributed by atoms with Gasteiger partial charge in [0.15, 0.2) is 0 Å². The Hall–Kier alpha value is -2.13. The number of nitrogens with two attached hydrogens (primary N) is 1. The number of primary amides is 1. The quantitative estimate of drug-likeness (QED) is 0.519. The van der Waals surface area contributed by atoms with Crippen molar-refractivity contribution in [2.75, 3.05) is 26.7 Å². The molecule has 1 aromatic rings. The van der Waals surface area contributed by atoms with Gasteiger partial charge in [0, 0.05) is 25.2 Å². The molecule has 3 N–H and O–H groups in total. The molecule has 4 rings (SSSR count).